The van der Waals surface area contributed by atoms with Crippen molar-refractivity contribution in [2.75, 3.05) is 13.1 Å². The predicted octanol–water partition coefficient (Wildman–Crippen LogP) is -3.08. The Morgan fingerprint density at radius 3 is 1.97 bits per heavy atom. The summed E-state index contributed by atoms with van der Waals surface area (Å²) in [6.45, 7) is 1.92. The molecule has 3 amide bonds. The van der Waals surface area contributed by atoms with Gasteiger partial charge in [-0.3, -0.25) is 24.2 Å². The topological polar surface area (TPSA) is 278 Å². The number of hydrogen-bond acceptors (Lipinski definition) is 8. The van der Waals surface area contributed by atoms with E-state index in [1.165, 1.54) is 6.92 Å². The number of guanidine groups is 1. The van der Waals surface area contributed by atoms with E-state index in [2.05, 4.69) is 20.9 Å². The van der Waals surface area contributed by atoms with Gasteiger partial charge in [-0.1, -0.05) is 0 Å². The minimum Gasteiger partial charge on any atom is -0.481 e. The molecular formula is C20H38N8O7. The normalized spacial score (nSPS) is 14.0. The van der Waals surface area contributed by atoms with Crippen LogP contribution >= 0.6 is 0 Å². The van der Waals surface area contributed by atoms with E-state index in [4.69, 9.17) is 28.0 Å². The lowest BCUT2D eigenvalue weighted by Crippen LogP contribution is -2.56. The van der Waals surface area contributed by atoms with Crippen LogP contribution in [-0.2, 0) is 24.0 Å². The molecule has 0 bridgehead atoms. The number of unbranched alkanes of at least 4 members (excludes halogenated alkanes) is 1. The number of amides is 3. The molecule has 0 spiro atoms. The summed E-state index contributed by atoms with van der Waals surface area (Å²) < 4.78 is 0. The summed E-state index contributed by atoms with van der Waals surface area (Å²) >= 11 is 0. The largest absolute Gasteiger partial charge is 0.481 e. The third kappa shape index (κ3) is 14.4. The van der Waals surface area contributed by atoms with Gasteiger partial charge in [-0.2, -0.15) is 0 Å². The van der Waals surface area contributed by atoms with E-state index >= 15 is 0 Å². The Labute approximate surface area is 203 Å². The van der Waals surface area contributed by atoms with Crippen LogP contribution in [-0.4, -0.2) is 83.1 Å². The third-order valence-electron chi connectivity index (χ3n) is 4.90. The van der Waals surface area contributed by atoms with Crippen molar-refractivity contribution < 1.29 is 34.2 Å². The minimum atomic E-state index is -1.26. The standard InChI is InChI=1S/C20H38N8O7/c1-11(26-17(32)12(22)7-8-15(29)30)16(31)27-13(5-2-3-9-21)18(33)28-14(19(34)35)6-4-10-25-20(23)24/h11-14H,2-10,21-22H2,1H3,(H,26,32)(H,27,31)(H,28,33)(H,29,30)(H,34,35)(H4,23,24,25). The number of aliphatic carboxylic acids is 2. The first-order valence-electron chi connectivity index (χ1n) is 11.3. The fourth-order valence-corrected chi connectivity index (χ4v) is 2.89. The number of carboxylic acids is 2. The van der Waals surface area contributed by atoms with E-state index < -0.39 is 53.8 Å². The number of carbonyl (C=O) groups is 5. The number of nitrogens with zero attached hydrogens (tertiary/aromatic N) is 1. The van der Waals surface area contributed by atoms with Crippen LogP contribution in [0.4, 0.5) is 0 Å². The number of carbonyl (C=O) groups excluding carboxylic acids is 3. The fourth-order valence-electron chi connectivity index (χ4n) is 2.89. The molecule has 0 aromatic rings. The van der Waals surface area contributed by atoms with Gasteiger partial charge in [0.2, 0.25) is 17.7 Å². The highest BCUT2D eigenvalue weighted by Crippen LogP contribution is 2.05. The van der Waals surface area contributed by atoms with Crippen molar-refractivity contribution >= 4 is 35.6 Å². The first-order chi connectivity index (χ1) is 16.4. The van der Waals surface area contributed by atoms with Crippen LogP contribution < -0.4 is 38.9 Å². The number of nitrogens with two attached hydrogens (primary N) is 4. The molecule has 35 heavy (non-hydrogen) atoms. The SMILES string of the molecule is CC(NC(=O)C(N)CCC(=O)O)C(=O)NC(CCCCN)C(=O)NC(CCCN=C(N)N)C(=O)O. The van der Waals surface area contributed by atoms with Crippen molar-refractivity contribution in [2.45, 2.75) is 76.0 Å². The summed E-state index contributed by atoms with van der Waals surface area (Å²) in [5.74, 6) is -4.62. The third-order valence-corrected chi connectivity index (χ3v) is 4.90. The minimum absolute atomic E-state index is 0.0576. The summed E-state index contributed by atoms with van der Waals surface area (Å²) in [6.07, 6.45) is 1.18. The van der Waals surface area contributed by atoms with Crippen LogP contribution in [0.15, 0.2) is 4.99 Å². The Balaban J connectivity index is 5.11. The van der Waals surface area contributed by atoms with Crippen LogP contribution in [0.3, 0.4) is 0 Å². The van der Waals surface area contributed by atoms with Gasteiger partial charge in [0.1, 0.15) is 18.1 Å². The molecule has 4 atom stereocenters. The molecule has 200 valence electrons. The Morgan fingerprint density at radius 2 is 1.43 bits per heavy atom. The average Bonchev–Trinajstić information content (AvgIpc) is 2.77. The zero-order valence-corrected chi connectivity index (χ0v) is 19.9. The van der Waals surface area contributed by atoms with Gasteiger partial charge in [0.05, 0.1) is 6.04 Å². The van der Waals surface area contributed by atoms with Crippen molar-refractivity contribution in [3.05, 3.63) is 0 Å². The van der Waals surface area contributed by atoms with Gasteiger partial charge in [-0.25, -0.2) is 4.79 Å². The zero-order valence-electron chi connectivity index (χ0n) is 19.9. The van der Waals surface area contributed by atoms with Gasteiger partial charge < -0.3 is 49.1 Å². The number of rotatable bonds is 18. The molecule has 15 nitrogen and oxygen atoms in total. The molecule has 0 radical (unpaired) electrons. The lowest BCUT2D eigenvalue weighted by molar-refractivity contribution is -0.142. The molecule has 0 aliphatic rings. The summed E-state index contributed by atoms with van der Waals surface area (Å²) in [7, 11) is 0. The van der Waals surface area contributed by atoms with Crippen molar-refractivity contribution in [2.24, 2.45) is 27.9 Å². The lowest BCUT2D eigenvalue weighted by atomic mass is 10.1. The highest BCUT2D eigenvalue weighted by molar-refractivity contribution is 5.93. The summed E-state index contributed by atoms with van der Waals surface area (Å²) in [6, 6.07) is -4.51. The molecule has 0 fully saturated rings. The molecule has 0 saturated carbocycles. The molecule has 15 heteroatoms. The van der Waals surface area contributed by atoms with Crippen molar-refractivity contribution in [3.8, 4) is 0 Å². The Kier molecular flexibility index (Phi) is 15.4. The number of hydrogen-bond donors (Lipinski definition) is 9. The van der Waals surface area contributed by atoms with Crippen LogP contribution in [0.5, 0.6) is 0 Å². The highest BCUT2D eigenvalue weighted by atomic mass is 16.4. The number of aliphatic imine (C=N–C) groups is 1. The van der Waals surface area contributed by atoms with Crippen LogP contribution in [0.1, 0.15) is 51.9 Å². The van der Waals surface area contributed by atoms with Crippen molar-refractivity contribution in [3.63, 3.8) is 0 Å². The van der Waals surface area contributed by atoms with Gasteiger partial charge in [-0.05, 0) is 52.0 Å². The molecule has 0 saturated heterocycles. The molecule has 0 aliphatic carbocycles. The first-order valence-corrected chi connectivity index (χ1v) is 11.3. The Bertz CT molecular complexity index is 758. The second-order valence-corrected chi connectivity index (χ2v) is 7.96. The molecular weight excluding hydrogens is 464 g/mol. The van der Waals surface area contributed by atoms with E-state index in [9.17, 15) is 29.1 Å². The maximum Gasteiger partial charge on any atom is 0.326 e. The predicted molar refractivity (Wildman–Crippen MR) is 127 cm³/mol. The second kappa shape index (κ2) is 17.0. The Morgan fingerprint density at radius 1 is 0.829 bits per heavy atom. The van der Waals surface area contributed by atoms with Crippen molar-refractivity contribution in [1.82, 2.24) is 16.0 Å². The second-order valence-electron chi connectivity index (χ2n) is 7.96. The summed E-state index contributed by atoms with van der Waals surface area (Å²) in [4.78, 5) is 63.4. The number of carboxylic acid groups (broad SMARTS) is 2. The van der Waals surface area contributed by atoms with E-state index in [1.807, 2.05) is 0 Å². The molecule has 0 aromatic carbocycles. The molecule has 0 aromatic heterocycles. The molecule has 13 N–H and O–H groups in total. The smallest absolute Gasteiger partial charge is 0.326 e. The zero-order chi connectivity index (χ0) is 27.0. The molecule has 0 heterocycles. The summed E-state index contributed by atoms with van der Waals surface area (Å²) in [5, 5.41) is 25.4. The van der Waals surface area contributed by atoms with Gasteiger partial charge in [0, 0.05) is 13.0 Å². The van der Waals surface area contributed by atoms with Gasteiger partial charge in [-0.15, -0.1) is 0 Å². The maximum atomic E-state index is 12.8. The monoisotopic (exact) mass is 502 g/mol. The first kappa shape index (κ1) is 31.5. The van der Waals surface area contributed by atoms with E-state index in [1.54, 1.807) is 0 Å². The average molecular weight is 503 g/mol. The van der Waals surface area contributed by atoms with E-state index in [-0.39, 0.29) is 38.2 Å². The maximum absolute atomic E-state index is 12.8. The van der Waals surface area contributed by atoms with Crippen LogP contribution in [0.25, 0.3) is 0 Å². The van der Waals surface area contributed by atoms with Crippen LogP contribution in [0, 0.1) is 0 Å². The van der Waals surface area contributed by atoms with Gasteiger partial charge in [0.15, 0.2) is 5.96 Å². The molecule has 0 aliphatic heterocycles. The van der Waals surface area contributed by atoms with Gasteiger partial charge in [0.25, 0.3) is 0 Å². The Hall–Kier alpha value is -3.46. The lowest BCUT2D eigenvalue weighted by Gasteiger charge is -2.24. The van der Waals surface area contributed by atoms with Gasteiger partial charge >= 0.3 is 11.9 Å². The molecule has 0 rings (SSSR count). The highest BCUT2D eigenvalue weighted by Gasteiger charge is 2.28. The van der Waals surface area contributed by atoms with Crippen LogP contribution in [0.2, 0.25) is 0 Å². The fraction of sp³-hybridized carbons (Fsp3) is 0.700. The summed E-state index contributed by atoms with van der Waals surface area (Å²) in [5.41, 5.74) is 21.6. The van der Waals surface area contributed by atoms with E-state index in [0.29, 0.717) is 25.8 Å². The quantitative estimate of drug-likeness (QED) is 0.0514. The van der Waals surface area contributed by atoms with Crippen molar-refractivity contribution in [1.29, 1.82) is 0 Å². The van der Waals surface area contributed by atoms with E-state index in [0.717, 1.165) is 0 Å². The number of nitrogens with one attached hydrogen (secondary N) is 3. The molecule has 4 unspecified atom stereocenters.